The van der Waals surface area contributed by atoms with Crippen LogP contribution < -0.4 is 5.32 Å². The van der Waals surface area contributed by atoms with E-state index in [1.54, 1.807) is 17.0 Å². The highest BCUT2D eigenvalue weighted by Crippen LogP contribution is 2.25. The van der Waals surface area contributed by atoms with E-state index in [4.69, 9.17) is 0 Å². The van der Waals surface area contributed by atoms with Crippen molar-refractivity contribution in [2.45, 2.75) is 38.3 Å². The quantitative estimate of drug-likeness (QED) is 0.752. The maximum Gasteiger partial charge on any atom is 0.252 e. The predicted octanol–water partition coefficient (Wildman–Crippen LogP) is 2.37. The van der Waals surface area contributed by atoms with Gasteiger partial charge in [-0.1, -0.05) is 18.2 Å². The van der Waals surface area contributed by atoms with E-state index in [2.05, 4.69) is 28.0 Å². The molecule has 152 valence electrons. The molecule has 0 spiro atoms. The Morgan fingerprint density at radius 2 is 2.21 bits per heavy atom. The number of hydrogen-bond acceptors (Lipinski definition) is 5. The summed E-state index contributed by atoms with van der Waals surface area (Å²) >= 11 is 0. The van der Waals surface area contributed by atoms with Gasteiger partial charge in [0.2, 0.25) is 5.91 Å². The average Bonchev–Trinajstić information content (AvgIpc) is 3.37. The second-order valence-electron chi connectivity index (χ2n) is 7.46. The molecule has 29 heavy (non-hydrogen) atoms. The first-order valence-corrected chi connectivity index (χ1v) is 10.0. The number of nitrogens with zero attached hydrogens (tertiary/aromatic N) is 4. The van der Waals surface area contributed by atoms with Gasteiger partial charge in [0.1, 0.15) is 6.04 Å². The van der Waals surface area contributed by atoms with E-state index in [9.17, 15) is 14.9 Å². The summed E-state index contributed by atoms with van der Waals surface area (Å²) in [5.41, 5.74) is 1.99. The van der Waals surface area contributed by atoms with Crippen LogP contribution in [0.2, 0.25) is 0 Å². The molecule has 2 aliphatic heterocycles. The van der Waals surface area contributed by atoms with Gasteiger partial charge in [-0.05, 0) is 45.0 Å². The van der Waals surface area contributed by atoms with E-state index < -0.39 is 0 Å². The summed E-state index contributed by atoms with van der Waals surface area (Å²) in [7, 11) is 0. The van der Waals surface area contributed by atoms with Crippen molar-refractivity contribution >= 4 is 30.3 Å². The van der Waals surface area contributed by atoms with Crippen LogP contribution in [0.4, 0.5) is 5.69 Å². The number of hydrogen-bond donors (Lipinski definition) is 1. The Balaban J connectivity index is 1.59. The average molecular weight is 393 g/mol. The Hall–Kier alpha value is -2.98. The summed E-state index contributed by atoms with van der Waals surface area (Å²) < 4.78 is 0. The first-order chi connectivity index (χ1) is 14.1. The molecule has 2 fully saturated rings. The Morgan fingerprint density at radius 1 is 1.38 bits per heavy atom. The van der Waals surface area contributed by atoms with Gasteiger partial charge in [0.25, 0.3) is 5.91 Å². The molecule has 0 saturated carbocycles. The minimum absolute atomic E-state index is 0.00107. The molecule has 0 aromatic heterocycles. The van der Waals surface area contributed by atoms with Crippen LogP contribution in [0.5, 0.6) is 0 Å². The number of likely N-dealkylation sites (tertiary alicyclic amines) is 2. The van der Waals surface area contributed by atoms with Crippen molar-refractivity contribution in [1.29, 1.82) is 5.26 Å². The summed E-state index contributed by atoms with van der Waals surface area (Å²) in [6, 6.07) is 7.31. The normalized spacial score (nSPS) is 22.0. The van der Waals surface area contributed by atoms with Gasteiger partial charge >= 0.3 is 0 Å². The number of nitriles is 1. The van der Waals surface area contributed by atoms with Gasteiger partial charge in [0.15, 0.2) is 0 Å². The van der Waals surface area contributed by atoms with E-state index in [1.165, 1.54) is 0 Å². The zero-order valence-electron chi connectivity index (χ0n) is 16.8. The number of nitrogens with one attached hydrogen (secondary N) is 1. The van der Waals surface area contributed by atoms with Crippen LogP contribution in [-0.2, 0) is 4.79 Å². The molecule has 3 rings (SSSR count). The standard InChI is InChI=1S/C22H27N5O2/c1-3-6-18-19(8-4-9-20(18)24-2)22(29)25-16-10-12-26(14-16)15-21(28)27-11-5-7-17(27)13-23/h3-4,6,8-9,16-17H,2,5,7,10-12,14-15H2,1H3,(H,25,29)/b6-3-/t16-,17-/m0/s1. The highest BCUT2D eigenvalue weighted by molar-refractivity contribution is 6.00. The lowest BCUT2D eigenvalue weighted by Crippen LogP contribution is -2.43. The molecule has 1 aromatic rings. The van der Waals surface area contributed by atoms with Gasteiger partial charge in [0.05, 0.1) is 18.3 Å². The maximum atomic E-state index is 12.8. The van der Waals surface area contributed by atoms with Crippen molar-refractivity contribution in [3.05, 3.63) is 35.4 Å². The van der Waals surface area contributed by atoms with E-state index in [0.717, 1.165) is 31.4 Å². The fraction of sp³-hybridized carbons (Fsp3) is 0.455. The molecular weight excluding hydrogens is 366 g/mol. The van der Waals surface area contributed by atoms with E-state index >= 15 is 0 Å². The van der Waals surface area contributed by atoms with Crippen molar-refractivity contribution in [3.63, 3.8) is 0 Å². The number of allylic oxidation sites excluding steroid dienone is 1. The minimum Gasteiger partial charge on any atom is -0.348 e. The van der Waals surface area contributed by atoms with Gasteiger partial charge < -0.3 is 10.2 Å². The Bertz CT molecular complexity index is 857. The van der Waals surface area contributed by atoms with E-state index in [1.807, 2.05) is 25.1 Å². The van der Waals surface area contributed by atoms with Crippen LogP contribution >= 0.6 is 0 Å². The molecule has 2 heterocycles. The topological polar surface area (TPSA) is 88.8 Å². The lowest BCUT2D eigenvalue weighted by atomic mass is 10.0. The highest BCUT2D eigenvalue weighted by atomic mass is 16.2. The molecule has 0 unspecified atom stereocenters. The first kappa shape index (κ1) is 20.7. The SMILES string of the molecule is C=Nc1cccc(C(=O)N[C@H]2CCN(CC(=O)N3CCC[C@H]3C#N)C2)c1/C=C\C. The molecule has 1 aromatic carbocycles. The summed E-state index contributed by atoms with van der Waals surface area (Å²) in [5, 5.41) is 12.3. The van der Waals surface area contributed by atoms with Gasteiger partial charge in [-0.15, -0.1) is 0 Å². The number of carbonyl (C=O) groups is 2. The van der Waals surface area contributed by atoms with Crippen molar-refractivity contribution < 1.29 is 9.59 Å². The Kier molecular flexibility index (Phi) is 6.78. The van der Waals surface area contributed by atoms with Gasteiger partial charge in [-0.25, -0.2) is 0 Å². The number of rotatable bonds is 6. The molecule has 2 atom stereocenters. The highest BCUT2D eigenvalue weighted by Gasteiger charge is 2.32. The lowest BCUT2D eigenvalue weighted by Gasteiger charge is -2.23. The summed E-state index contributed by atoms with van der Waals surface area (Å²) in [5.74, 6) is -0.146. The zero-order chi connectivity index (χ0) is 20.8. The van der Waals surface area contributed by atoms with Crippen LogP contribution in [0.15, 0.2) is 29.3 Å². The summed E-state index contributed by atoms with van der Waals surface area (Å²) in [6.45, 7) is 7.80. The molecule has 2 aliphatic rings. The third-order valence-corrected chi connectivity index (χ3v) is 5.52. The second-order valence-corrected chi connectivity index (χ2v) is 7.46. The Labute approximate surface area is 171 Å². The number of amides is 2. The summed E-state index contributed by atoms with van der Waals surface area (Å²) in [4.78, 5) is 33.1. The Morgan fingerprint density at radius 3 is 2.93 bits per heavy atom. The van der Waals surface area contributed by atoms with Crippen LogP contribution in [0.1, 0.15) is 42.1 Å². The molecule has 0 radical (unpaired) electrons. The fourth-order valence-electron chi connectivity index (χ4n) is 4.07. The molecular formula is C22H27N5O2. The number of carbonyl (C=O) groups excluding carboxylic acids is 2. The van der Waals surface area contributed by atoms with Crippen molar-refractivity contribution in [3.8, 4) is 6.07 Å². The van der Waals surface area contributed by atoms with E-state index in [-0.39, 0.29) is 23.9 Å². The zero-order valence-corrected chi connectivity index (χ0v) is 16.8. The second kappa shape index (κ2) is 9.48. The van der Waals surface area contributed by atoms with Gasteiger partial charge in [-0.3, -0.25) is 19.5 Å². The largest absolute Gasteiger partial charge is 0.348 e. The monoisotopic (exact) mass is 393 g/mol. The molecule has 2 saturated heterocycles. The molecule has 2 amide bonds. The van der Waals surface area contributed by atoms with Crippen LogP contribution in [-0.4, -0.2) is 66.6 Å². The molecule has 0 aliphatic carbocycles. The first-order valence-electron chi connectivity index (χ1n) is 10.0. The van der Waals surface area contributed by atoms with Crippen LogP contribution in [0.3, 0.4) is 0 Å². The summed E-state index contributed by atoms with van der Waals surface area (Å²) in [6.07, 6.45) is 6.17. The molecule has 0 bridgehead atoms. The molecule has 7 nitrogen and oxygen atoms in total. The predicted molar refractivity (Wildman–Crippen MR) is 113 cm³/mol. The van der Waals surface area contributed by atoms with Gasteiger partial charge in [-0.2, -0.15) is 5.26 Å². The van der Waals surface area contributed by atoms with E-state index in [0.29, 0.717) is 30.9 Å². The third-order valence-electron chi connectivity index (χ3n) is 5.52. The maximum absolute atomic E-state index is 12.8. The van der Waals surface area contributed by atoms with Crippen molar-refractivity contribution in [2.75, 3.05) is 26.2 Å². The minimum atomic E-state index is -0.295. The van der Waals surface area contributed by atoms with Crippen molar-refractivity contribution in [2.24, 2.45) is 4.99 Å². The fourth-order valence-corrected chi connectivity index (χ4v) is 4.07. The number of aliphatic imine (C=N–C) groups is 1. The lowest BCUT2D eigenvalue weighted by molar-refractivity contribution is -0.132. The smallest absolute Gasteiger partial charge is 0.252 e. The van der Waals surface area contributed by atoms with Gasteiger partial charge in [0, 0.05) is 36.8 Å². The van der Waals surface area contributed by atoms with Crippen LogP contribution in [0.25, 0.3) is 6.08 Å². The van der Waals surface area contributed by atoms with Crippen molar-refractivity contribution in [1.82, 2.24) is 15.1 Å². The number of benzene rings is 1. The molecule has 1 N–H and O–H groups in total. The third kappa shape index (κ3) is 4.72. The molecule has 7 heteroatoms. The van der Waals surface area contributed by atoms with Crippen LogP contribution in [0, 0.1) is 11.3 Å².